The molecule has 0 aromatic heterocycles. The van der Waals surface area contributed by atoms with Gasteiger partial charge in [0, 0.05) is 5.56 Å². The monoisotopic (exact) mass is 201 g/mol. The molecule has 0 bridgehead atoms. The Morgan fingerprint density at radius 3 is 2.60 bits per heavy atom. The molecule has 2 rings (SSSR count). The highest BCUT2D eigenvalue weighted by atomic mass is 15.3. The van der Waals surface area contributed by atoms with E-state index in [-0.39, 0.29) is 0 Å². The highest BCUT2D eigenvalue weighted by Crippen LogP contribution is 2.28. The van der Waals surface area contributed by atoms with Crippen molar-refractivity contribution in [3.05, 3.63) is 29.3 Å². The normalized spacial score (nSPS) is 13.3. The van der Waals surface area contributed by atoms with Gasteiger partial charge in [0.1, 0.15) is 0 Å². The lowest BCUT2D eigenvalue weighted by Gasteiger charge is -2.07. The van der Waals surface area contributed by atoms with Crippen LogP contribution in [-0.4, -0.2) is 5.71 Å². The van der Waals surface area contributed by atoms with Crippen molar-refractivity contribution in [3.8, 4) is 0 Å². The van der Waals surface area contributed by atoms with Crippen molar-refractivity contribution >= 4 is 11.4 Å². The Labute approximate surface area is 91.4 Å². The van der Waals surface area contributed by atoms with Crippen LogP contribution in [0.2, 0.25) is 0 Å². The molecule has 1 aliphatic heterocycles. The van der Waals surface area contributed by atoms with Crippen LogP contribution in [0.25, 0.3) is 0 Å². The fraction of sp³-hybridized carbons (Fsp3) is 0.462. The molecule has 0 saturated carbocycles. The van der Waals surface area contributed by atoms with Gasteiger partial charge < -0.3 is 0 Å². The number of nitrogens with zero attached hydrogens (tertiary/aromatic N) is 2. The minimum absolute atomic E-state index is 1.04. The predicted molar refractivity (Wildman–Crippen MR) is 63.7 cm³/mol. The molecule has 79 valence electrons. The summed E-state index contributed by atoms with van der Waals surface area (Å²) in [4.78, 5) is 0. The molecule has 1 radical (unpaired) electrons. The van der Waals surface area contributed by atoms with E-state index >= 15 is 0 Å². The maximum atomic E-state index is 4.28. The molecule has 0 fully saturated rings. The number of aryl methyl sites for hydroxylation is 1. The molecule has 1 heterocycles. The van der Waals surface area contributed by atoms with E-state index < -0.39 is 0 Å². The van der Waals surface area contributed by atoms with Crippen LogP contribution in [-0.2, 0) is 6.42 Å². The Morgan fingerprint density at radius 1 is 1.07 bits per heavy atom. The first-order valence-corrected chi connectivity index (χ1v) is 5.76. The number of benzene rings is 1. The van der Waals surface area contributed by atoms with Gasteiger partial charge in [-0.25, -0.2) is 0 Å². The lowest BCUT2D eigenvalue weighted by molar-refractivity contribution is 0.916. The third kappa shape index (κ3) is 1.89. The van der Waals surface area contributed by atoms with Crippen LogP contribution >= 0.6 is 0 Å². The van der Waals surface area contributed by atoms with E-state index in [1.807, 2.05) is 0 Å². The second-order valence-electron chi connectivity index (χ2n) is 3.96. The van der Waals surface area contributed by atoms with Crippen molar-refractivity contribution in [2.24, 2.45) is 5.10 Å². The fourth-order valence-electron chi connectivity index (χ4n) is 2.06. The summed E-state index contributed by atoms with van der Waals surface area (Å²) in [5.41, 5.74) is 9.18. The summed E-state index contributed by atoms with van der Waals surface area (Å²) in [6.07, 6.45) is 4.47. The first-order valence-electron chi connectivity index (χ1n) is 5.76. The lowest BCUT2D eigenvalue weighted by atomic mass is 9.96. The van der Waals surface area contributed by atoms with Gasteiger partial charge >= 0.3 is 0 Å². The molecule has 0 spiro atoms. The van der Waals surface area contributed by atoms with Crippen molar-refractivity contribution in [2.75, 3.05) is 0 Å². The largest absolute Gasteiger partial charge is 0.154 e. The van der Waals surface area contributed by atoms with Crippen LogP contribution < -0.4 is 5.43 Å². The molecule has 0 unspecified atom stereocenters. The molecule has 2 heteroatoms. The Hall–Kier alpha value is -1.31. The van der Waals surface area contributed by atoms with E-state index in [2.05, 4.69) is 42.6 Å². The van der Waals surface area contributed by atoms with Crippen molar-refractivity contribution in [1.29, 1.82) is 0 Å². The van der Waals surface area contributed by atoms with Gasteiger partial charge in [-0.2, -0.15) is 10.5 Å². The number of rotatable bonds is 4. The van der Waals surface area contributed by atoms with Gasteiger partial charge in [-0.15, -0.1) is 0 Å². The van der Waals surface area contributed by atoms with Gasteiger partial charge in [0.25, 0.3) is 0 Å². The van der Waals surface area contributed by atoms with Gasteiger partial charge in [-0.3, -0.25) is 0 Å². The average Bonchev–Trinajstić information content (AvgIpc) is 2.64. The summed E-state index contributed by atoms with van der Waals surface area (Å²) in [5, 5.41) is 4.28. The standard InChI is InChI=1S/C13H17N2/c1-3-6-10-8-5-9-12-13(10)11(7-4-2)14-15-12/h5,8-9H,3-4,6-7H2,1-2H3. The smallest absolute Gasteiger partial charge is 0.0950 e. The van der Waals surface area contributed by atoms with Crippen LogP contribution in [0.15, 0.2) is 23.3 Å². The highest BCUT2D eigenvalue weighted by Gasteiger charge is 2.19. The predicted octanol–water partition coefficient (Wildman–Crippen LogP) is 3.39. The molecule has 15 heavy (non-hydrogen) atoms. The molecule has 1 aliphatic rings. The lowest BCUT2D eigenvalue weighted by Crippen LogP contribution is -2.01. The summed E-state index contributed by atoms with van der Waals surface area (Å²) < 4.78 is 0. The second kappa shape index (κ2) is 4.47. The van der Waals surface area contributed by atoms with Crippen LogP contribution in [0, 0.1) is 0 Å². The molecule has 1 aromatic rings. The van der Waals surface area contributed by atoms with Gasteiger partial charge in [-0.1, -0.05) is 38.8 Å². The molecule has 1 aromatic carbocycles. The maximum Gasteiger partial charge on any atom is 0.0950 e. The molecular weight excluding hydrogens is 184 g/mol. The van der Waals surface area contributed by atoms with Crippen LogP contribution in [0.4, 0.5) is 5.69 Å². The topological polar surface area (TPSA) is 26.5 Å². The molecule has 2 nitrogen and oxygen atoms in total. The second-order valence-corrected chi connectivity index (χ2v) is 3.96. The van der Waals surface area contributed by atoms with E-state index in [0.717, 1.165) is 24.9 Å². The number of fused-ring (bicyclic) bond motifs is 1. The first kappa shape index (κ1) is 10.2. The van der Waals surface area contributed by atoms with Gasteiger partial charge in [-0.05, 0) is 24.5 Å². The van der Waals surface area contributed by atoms with E-state index in [1.54, 1.807) is 0 Å². The minimum Gasteiger partial charge on any atom is -0.154 e. The third-order valence-electron chi connectivity index (χ3n) is 2.70. The molecule has 0 saturated heterocycles. The van der Waals surface area contributed by atoms with E-state index in [1.165, 1.54) is 23.3 Å². The summed E-state index contributed by atoms with van der Waals surface area (Å²) in [6, 6.07) is 6.34. The minimum atomic E-state index is 1.04. The summed E-state index contributed by atoms with van der Waals surface area (Å²) in [7, 11) is 0. The van der Waals surface area contributed by atoms with Gasteiger partial charge in [0.05, 0.1) is 11.4 Å². The average molecular weight is 201 g/mol. The summed E-state index contributed by atoms with van der Waals surface area (Å²) in [6.45, 7) is 4.39. The van der Waals surface area contributed by atoms with Crippen LogP contribution in [0.5, 0.6) is 0 Å². The zero-order valence-electron chi connectivity index (χ0n) is 9.45. The van der Waals surface area contributed by atoms with E-state index in [0.29, 0.717) is 0 Å². The van der Waals surface area contributed by atoms with Crippen molar-refractivity contribution in [3.63, 3.8) is 0 Å². The van der Waals surface area contributed by atoms with Crippen LogP contribution in [0.3, 0.4) is 0 Å². The van der Waals surface area contributed by atoms with E-state index in [4.69, 9.17) is 0 Å². The zero-order chi connectivity index (χ0) is 10.7. The third-order valence-corrected chi connectivity index (χ3v) is 2.70. The van der Waals surface area contributed by atoms with Gasteiger partial charge in [0.2, 0.25) is 0 Å². The molecule has 0 atom stereocenters. The molecular formula is C13H17N2. The summed E-state index contributed by atoms with van der Waals surface area (Å²) >= 11 is 0. The Bertz CT molecular complexity index is 380. The summed E-state index contributed by atoms with van der Waals surface area (Å²) in [5.74, 6) is 0. The Balaban J connectivity index is 2.36. The van der Waals surface area contributed by atoms with Crippen LogP contribution in [0.1, 0.15) is 44.2 Å². The zero-order valence-corrected chi connectivity index (χ0v) is 9.45. The molecule has 0 N–H and O–H groups in total. The van der Waals surface area contributed by atoms with Crippen molar-refractivity contribution < 1.29 is 0 Å². The van der Waals surface area contributed by atoms with Crippen molar-refractivity contribution in [2.45, 2.75) is 39.5 Å². The van der Waals surface area contributed by atoms with Gasteiger partial charge in [0.15, 0.2) is 0 Å². The van der Waals surface area contributed by atoms with E-state index in [9.17, 15) is 0 Å². The number of hydrogen-bond acceptors (Lipinski definition) is 1. The van der Waals surface area contributed by atoms with Crippen molar-refractivity contribution in [1.82, 2.24) is 5.43 Å². The maximum absolute atomic E-state index is 4.28. The Kier molecular flexibility index (Phi) is 3.05. The molecule has 0 amide bonds. The quantitative estimate of drug-likeness (QED) is 0.714. The number of hydrogen-bond donors (Lipinski definition) is 0. The SMILES string of the molecule is CCCC1=N[N]c2cccc(CCC)c21. The fourth-order valence-corrected chi connectivity index (χ4v) is 2.06. The molecule has 0 aliphatic carbocycles. The first-order chi connectivity index (χ1) is 7.36. The Morgan fingerprint density at radius 2 is 1.87 bits per heavy atom. The highest BCUT2D eigenvalue weighted by molar-refractivity contribution is 6.07.